The highest BCUT2D eigenvalue weighted by Crippen LogP contribution is 2.14. The second kappa shape index (κ2) is 61.8. The summed E-state index contributed by atoms with van der Waals surface area (Å²) in [6.45, 7) is 6.30. The van der Waals surface area contributed by atoms with Crippen LogP contribution in [0, 0.1) is 0 Å². The molecule has 0 aromatic rings. The Morgan fingerprint density at radius 1 is 0.280 bits per heavy atom. The number of unbranched alkanes of at least 4 members (excludes halogenated alkanes) is 18. The molecule has 75 heavy (non-hydrogen) atoms. The minimum absolute atomic E-state index is 0.128. The molecule has 0 N–H and O–H groups in total. The van der Waals surface area contributed by atoms with Crippen LogP contribution in [0.3, 0.4) is 0 Å². The van der Waals surface area contributed by atoms with Gasteiger partial charge in [0.1, 0.15) is 13.2 Å². The molecule has 0 aliphatic carbocycles. The molecule has 0 aliphatic rings. The topological polar surface area (TPSA) is 78.9 Å². The first-order valence-corrected chi connectivity index (χ1v) is 30.3. The van der Waals surface area contributed by atoms with E-state index in [2.05, 4.69) is 154 Å². The van der Waals surface area contributed by atoms with Gasteiger partial charge in [-0.05, 0) is 128 Å². The third-order valence-corrected chi connectivity index (χ3v) is 12.3. The van der Waals surface area contributed by atoms with Crippen molar-refractivity contribution in [3.05, 3.63) is 146 Å². The van der Waals surface area contributed by atoms with E-state index in [1.165, 1.54) is 96.3 Å². The molecule has 0 amide bonds. The van der Waals surface area contributed by atoms with Crippen LogP contribution in [0.1, 0.15) is 252 Å². The molecule has 1 unspecified atom stereocenters. The minimum Gasteiger partial charge on any atom is -0.462 e. The number of carbonyl (C=O) groups is 3. The van der Waals surface area contributed by atoms with E-state index in [1.54, 1.807) is 0 Å². The first kappa shape index (κ1) is 70.3. The Morgan fingerprint density at radius 2 is 0.547 bits per heavy atom. The van der Waals surface area contributed by atoms with Crippen LogP contribution in [0.25, 0.3) is 0 Å². The molecule has 0 saturated heterocycles. The molecule has 0 aromatic heterocycles. The van der Waals surface area contributed by atoms with Gasteiger partial charge >= 0.3 is 17.9 Å². The molecule has 6 heteroatoms. The third kappa shape index (κ3) is 60.0. The van der Waals surface area contributed by atoms with Crippen LogP contribution in [-0.2, 0) is 28.6 Å². The normalized spacial score (nSPS) is 13.2. The molecular formula is C69H110O6. The summed E-state index contributed by atoms with van der Waals surface area (Å²) in [6, 6.07) is 0. The number of esters is 3. The summed E-state index contributed by atoms with van der Waals surface area (Å²) in [7, 11) is 0. The Hall–Kier alpha value is -4.71. The van der Waals surface area contributed by atoms with Gasteiger partial charge < -0.3 is 14.2 Å². The summed E-state index contributed by atoms with van der Waals surface area (Å²) in [6.07, 6.45) is 88.6. The highest BCUT2D eigenvalue weighted by molar-refractivity contribution is 5.71. The standard InChI is InChI=1S/C69H110O6/c1-4-7-10-13-16-19-22-25-28-30-32-33-34-35-37-38-41-44-47-50-53-56-59-62-68(71)74-65-66(64-73-67(70)61-58-55-52-49-46-43-40-27-24-21-18-15-12-9-6-3)75-69(72)63-60-57-54-51-48-45-42-39-36-31-29-26-23-20-17-14-11-8-5-2/h8-9,11-12,17-18,20-22,25-27,29-30,32,36,39-40,45-46,48-49,54,57,66H,4-7,10,13-16,19,23-24,28,31,33-35,37-38,41-44,47,50-53,55-56,58-65H2,1-3H3/b11-8-,12-9-,20-17-,21-18-,25-22-,29-26-,32-30-,39-36-,40-27-,48-45-,49-46-,57-54-. The molecule has 0 saturated carbocycles. The molecule has 0 radical (unpaired) electrons. The van der Waals surface area contributed by atoms with Crippen LogP contribution in [0.2, 0.25) is 0 Å². The zero-order valence-corrected chi connectivity index (χ0v) is 48.3. The number of rotatable bonds is 53. The van der Waals surface area contributed by atoms with Crippen LogP contribution in [-0.4, -0.2) is 37.2 Å². The number of ether oxygens (including phenoxy) is 3. The zero-order valence-electron chi connectivity index (χ0n) is 48.3. The lowest BCUT2D eigenvalue weighted by molar-refractivity contribution is -0.166. The van der Waals surface area contributed by atoms with E-state index in [9.17, 15) is 14.4 Å². The lowest BCUT2D eigenvalue weighted by atomic mass is 10.0. The van der Waals surface area contributed by atoms with Crippen molar-refractivity contribution in [2.45, 2.75) is 258 Å². The summed E-state index contributed by atoms with van der Waals surface area (Å²) < 4.78 is 16.8. The summed E-state index contributed by atoms with van der Waals surface area (Å²) in [5.74, 6) is -1.06. The van der Waals surface area contributed by atoms with E-state index in [1.807, 2.05) is 12.2 Å². The quantitative estimate of drug-likeness (QED) is 0.0261. The molecule has 0 bridgehead atoms. The van der Waals surface area contributed by atoms with E-state index in [0.717, 1.165) is 103 Å². The maximum atomic E-state index is 12.8. The van der Waals surface area contributed by atoms with Crippen molar-refractivity contribution in [2.24, 2.45) is 0 Å². The van der Waals surface area contributed by atoms with Gasteiger partial charge in [-0.15, -0.1) is 0 Å². The Balaban J connectivity index is 4.52. The summed E-state index contributed by atoms with van der Waals surface area (Å²) in [5, 5.41) is 0. The number of carbonyl (C=O) groups excluding carboxylic acids is 3. The average Bonchev–Trinajstić information content (AvgIpc) is 3.41. The molecule has 0 fully saturated rings. The smallest absolute Gasteiger partial charge is 0.306 e. The van der Waals surface area contributed by atoms with E-state index in [0.29, 0.717) is 19.3 Å². The largest absolute Gasteiger partial charge is 0.462 e. The van der Waals surface area contributed by atoms with E-state index in [4.69, 9.17) is 14.2 Å². The van der Waals surface area contributed by atoms with Crippen LogP contribution < -0.4 is 0 Å². The molecular weight excluding hydrogens is 925 g/mol. The van der Waals surface area contributed by atoms with E-state index >= 15 is 0 Å². The maximum Gasteiger partial charge on any atom is 0.306 e. The Morgan fingerprint density at radius 3 is 0.893 bits per heavy atom. The third-order valence-electron chi connectivity index (χ3n) is 12.3. The minimum atomic E-state index is -0.844. The van der Waals surface area contributed by atoms with E-state index < -0.39 is 12.1 Å². The first-order chi connectivity index (χ1) is 37.0. The monoisotopic (exact) mass is 1030 g/mol. The molecule has 1 atom stereocenters. The fourth-order valence-electron chi connectivity index (χ4n) is 7.84. The van der Waals surface area contributed by atoms with Gasteiger partial charge in [-0.25, -0.2) is 0 Å². The molecule has 0 rings (SSSR count). The molecule has 6 nitrogen and oxygen atoms in total. The number of hydrogen-bond donors (Lipinski definition) is 0. The summed E-state index contributed by atoms with van der Waals surface area (Å²) in [5.41, 5.74) is 0. The summed E-state index contributed by atoms with van der Waals surface area (Å²) in [4.78, 5) is 38.2. The highest BCUT2D eigenvalue weighted by Gasteiger charge is 2.19. The van der Waals surface area contributed by atoms with Crippen molar-refractivity contribution in [1.82, 2.24) is 0 Å². The van der Waals surface area contributed by atoms with Gasteiger partial charge in [0.05, 0.1) is 0 Å². The SMILES string of the molecule is CC/C=C\C/C=C\C/C=C\C/C=C\C/C=C\C/C=C\CCC(=O)OC(COC(=O)CCCC/C=C\C/C=C\C/C=C\C/C=C\CC)COC(=O)CCCCCCCCCCCCC/C=C\C/C=C\CCCCCCC. The Bertz CT molecular complexity index is 1660. The van der Waals surface area contributed by atoms with Crippen LogP contribution in [0.5, 0.6) is 0 Å². The maximum absolute atomic E-state index is 12.8. The molecule has 0 heterocycles. The number of hydrogen-bond acceptors (Lipinski definition) is 6. The number of allylic oxidation sites excluding steroid dienone is 24. The summed E-state index contributed by atoms with van der Waals surface area (Å²) >= 11 is 0. The Kier molecular flexibility index (Phi) is 58.0. The van der Waals surface area contributed by atoms with Crippen LogP contribution in [0.15, 0.2) is 146 Å². The van der Waals surface area contributed by atoms with Gasteiger partial charge in [0.25, 0.3) is 0 Å². The van der Waals surface area contributed by atoms with Crippen molar-refractivity contribution in [3.8, 4) is 0 Å². The molecule has 0 aliphatic heterocycles. The predicted octanol–water partition coefficient (Wildman–Crippen LogP) is 20.8. The second-order valence-electron chi connectivity index (χ2n) is 19.5. The average molecular weight is 1040 g/mol. The van der Waals surface area contributed by atoms with Crippen LogP contribution in [0.4, 0.5) is 0 Å². The van der Waals surface area contributed by atoms with Gasteiger partial charge in [0, 0.05) is 19.3 Å². The van der Waals surface area contributed by atoms with E-state index in [-0.39, 0.29) is 38.0 Å². The molecule has 0 aromatic carbocycles. The highest BCUT2D eigenvalue weighted by atomic mass is 16.6. The van der Waals surface area contributed by atoms with Crippen molar-refractivity contribution in [1.29, 1.82) is 0 Å². The van der Waals surface area contributed by atoms with Crippen molar-refractivity contribution in [3.63, 3.8) is 0 Å². The van der Waals surface area contributed by atoms with Crippen LogP contribution >= 0.6 is 0 Å². The van der Waals surface area contributed by atoms with Gasteiger partial charge in [-0.3, -0.25) is 14.4 Å². The molecule has 0 spiro atoms. The van der Waals surface area contributed by atoms with Gasteiger partial charge in [-0.2, -0.15) is 0 Å². The fourth-order valence-corrected chi connectivity index (χ4v) is 7.84. The van der Waals surface area contributed by atoms with Gasteiger partial charge in [-0.1, -0.05) is 250 Å². The predicted molar refractivity (Wildman–Crippen MR) is 325 cm³/mol. The van der Waals surface area contributed by atoms with Crippen molar-refractivity contribution < 1.29 is 28.6 Å². The Labute approximate surface area is 461 Å². The second-order valence-corrected chi connectivity index (χ2v) is 19.5. The lowest BCUT2D eigenvalue weighted by Crippen LogP contribution is -2.30. The zero-order chi connectivity index (χ0) is 54.3. The van der Waals surface area contributed by atoms with Gasteiger partial charge in [0.2, 0.25) is 0 Å². The van der Waals surface area contributed by atoms with Crippen molar-refractivity contribution in [2.75, 3.05) is 13.2 Å². The lowest BCUT2D eigenvalue weighted by Gasteiger charge is -2.18. The first-order valence-electron chi connectivity index (χ1n) is 30.3. The van der Waals surface area contributed by atoms with Gasteiger partial charge in [0.15, 0.2) is 6.10 Å². The fraction of sp³-hybridized carbons (Fsp3) is 0.609. The molecule has 422 valence electrons. The van der Waals surface area contributed by atoms with Crippen molar-refractivity contribution >= 4 is 17.9 Å².